The maximum absolute atomic E-state index is 12.8. The summed E-state index contributed by atoms with van der Waals surface area (Å²) in [5.74, 6) is 5.42. The fourth-order valence-corrected chi connectivity index (χ4v) is 4.60. The summed E-state index contributed by atoms with van der Waals surface area (Å²) >= 11 is 3.21. The number of nitrogen functional groups attached to an aromatic ring is 1. The van der Waals surface area contributed by atoms with E-state index in [-0.39, 0.29) is 10.7 Å². The number of sulfonamides is 1. The molecule has 0 bridgehead atoms. The second-order valence-corrected chi connectivity index (χ2v) is 7.97. The lowest BCUT2D eigenvalue weighted by molar-refractivity contribution is 0.0638. The van der Waals surface area contributed by atoms with Crippen molar-refractivity contribution in [2.45, 2.75) is 42.7 Å². The van der Waals surface area contributed by atoms with E-state index in [1.807, 2.05) is 0 Å². The average molecular weight is 379 g/mol. The van der Waals surface area contributed by atoms with Gasteiger partial charge >= 0.3 is 0 Å². The van der Waals surface area contributed by atoms with Gasteiger partial charge in [-0.3, -0.25) is 0 Å². The number of likely N-dealkylation sites (N-methyl/N-ethyl adjacent to an activating group) is 1. The van der Waals surface area contributed by atoms with Crippen LogP contribution in [0.5, 0.6) is 0 Å². The van der Waals surface area contributed by atoms with Gasteiger partial charge in [-0.2, -0.15) is 4.31 Å². The van der Waals surface area contributed by atoms with Crippen molar-refractivity contribution in [3.05, 3.63) is 16.7 Å². The van der Waals surface area contributed by atoms with E-state index >= 15 is 0 Å². The number of anilines is 1. The largest absolute Gasteiger partial charge is 0.391 e. The van der Waals surface area contributed by atoms with Gasteiger partial charge in [-0.15, -0.1) is 0 Å². The van der Waals surface area contributed by atoms with Gasteiger partial charge in [0.1, 0.15) is 4.90 Å². The average Bonchev–Trinajstić information content (AvgIpc) is 2.47. The highest BCUT2D eigenvalue weighted by molar-refractivity contribution is 9.10. The van der Waals surface area contributed by atoms with Crippen LogP contribution < -0.4 is 11.3 Å². The molecule has 118 valence electrons. The lowest BCUT2D eigenvalue weighted by atomic mass is 9.93. The van der Waals surface area contributed by atoms with Crippen LogP contribution in [-0.2, 0) is 10.0 Å². The van der Waals surface area contributed by atoms with Crippen LogP contribution in [0.3, 0.4) is 0 Å². The zero-order chi connectivity index (χ0) is 15.6. The standard InChI is InChI=1S/C12H19BrN4O3S/c1-17(9-4-2-3-5-10(9)18)21(19,20)11-6-8(13)7-15-12(11)16-14/h6-7,9-10,18H,2-5,14H2,1H3,(H,15,16). The number of aliphatic hydroxyl groups is 1. The van der Waals surface area contributed by atoms with Gasteiger partial charge in [0.2, 0.25) is 10.0 Å². The Kier molecular flexibility index (Phi) is 5.20. The highest BCUT2D eigenvalue weighted by atomic mass is 79.9. The van der Waals surface area contributed by atoms with Gasteiger partial charge in [0.25, 0.3) is 0 Å². The molecule has 0 aliphatic heterocycles. The summed E-state index contributed by atoms with van der Waals surface area (Å²) in [5, 5.41) is 10.1. The van der Waals surface area contributed by atoms with Gasteiger partial charge in [0, 0.05) is 17.7 Å². The van der Waals surface area contributed by atoms with Crippen molar-refractivity contribution in [3.8, 4) is 0 Å². The van der Waals surface area contributed by atoms with E-state index in [0.717, 1.165) is 12.8 Å². The number of nitrogens with one attached hydrogen (secondary N) is 1. The predicted molar refractivity (Wildman–Crippen MR) is 83.0 cm³/mol. The Balaban J connectivity index is 2.39. The summed E-state index contributed by atoms with van der Waals surface area (Å²) in [4.78, 5) is 3.94. The molecule has 1 aliphatic rings. The zero-order valence-electron chi connectivity index (χ0n) is 11.7. The minimum atomic E-state index is -3.80. The van der Waals surface area contributed by atoms with Crippen LogP contribution in [0.25, 0.3) is 0 Å². The molecule has 0 aromatic carbocycles. The van der Waals surface area contributed by atoms with E-state index < -0.39 is 22.2 Å². The molecule has 2 atom stereocenters. The highest BCUT2D eigenvalue weighted by Gasteiger charge is 2.35. The highest BCUT2D eigenvalue weighted by Crippen LogP contribution is 2.30. The van der Waals surface area contributed by atoms with Crippen LogP contribution in [0.1, 0.15) is 25.7 Å². The topological polar surface area (TPSA) is 109 Å². The Morgan fingerprint density at radius 1 is 1.48 bits per heavy atom. The fourth-order valence-electron chi connectivity index (χ4n) is 2.57. The van der Waals surface area contributed by atoms with E-state index in [1.54, 1.807) is 0 Å². The molecule has 0 spiro atoms. The summed E-state index contributed by atoms with van der Waals surface area (Å²) in [6.45, 7) is 0. The second-order valence-electron chi connectivity index (χ2n) is 5.09. The minimum Gasteiger partial charge on any atom is -0.391 e. The summed E-state index contributed by atoms with van der Waals surface area (Å²) < 4.78 is 27.3. The van der Waals surface area contributed by atoms with Gasteiger partial charge in [-0.25, -0.2) is 19.2 Å². The molecular formula is C12H19BrN4O3S. The molecular weight excluding hydrogens is 360 g/mol. The van der Waals surface area contributed by atoms with Crippen LogP contribution in [0, 0.1) is 0 Å². The predicted octanol–water partition coefficient (Wildman–Crippen LogP) is 1.05. The number of aromatic nitrogens is 1. The van der Waals surface area contributed by atoms with Crippen molar-refractivity contribution in [1.29, 1.82) is 0 Å². The van der Waals surface area contributed by atoms with Gasteiger partial charge in [-0.05, 0) is 34.8 Å². The molecule has 1 saturated carbocycles. The van der Waals surface area contributed by atoms with E-state index in [4.69, 9.17) is 5.84 Å². The molecule has 2 unspecified atom stereocenters. The smallest absolute Gasteiger partial charge is 0.246 e. The van der Waals surface area contributed by atoms with Crippen LogP contribution in [0.4, 0.5) is 5.82 Å². The monoisotopic (exact) mass is 378 g/mol. The molecule has 2 rings (SSSR count). The minimum absolute atomic E-state index is 0.0142. The molecule has 1 aromatic rings. The Morgan fingerprint density at radius 3 is 2.76 bits per heavy atom. The quantitative estimate of drug-likeness (QED) is 0.533. The number of nitrogens with zero attached hydrogens (tertiary/aromatic N) is 2. The molecule has 1 aliphatic carbocycles. The van der Waals surface area contributed by atoms with Crippen LogP contribution in [-0.4, -0.2) is 42.0 Å². The van der Waals surface area contributed by atoms with Crippen molar-refractivity contribution in [3.63, 3.8) is 0 Å². The van der Waals surface area contributed by atoms with Crippen molar-refractivity contribution in [1.82, 2.24) is 9.29 Å². The lowest BCUT2D eigenvalue weighted by Crippen LogP contribution is -2.46. The summed E-state index contributed by atoms with van der Waals surface area (Å²) in [6.07, 6.45) is 3.89. The number of halogens is 1. The van der Waals surface area contributed by atoms with Gasteiger partial charge in [0.15, 0.2) is 5.82 Å². The molecule has 0 amide bonds. The number of pyridine rings is 1. The van der Waals surface area contributed by atoms with E-state index in [1.165, 1.54) is 23.6 Å². The van der Waals surface area contributed by atoms with E-state index in [9.17, 15) is 13.5 Å². The normalized spacial score (nSPS) is 23.3. The fraction of sp³-hybridized carbons (Fsp3) is 0.583. The van der Waals surface area contributed by atoms with Crippen molar-refractivity contribution in [2.75, 3.05) is 12.5 Å². The first kappa shape index (κ1) is 16.6. The molecule has 21 heavy (non-hydrogen) atoms. The van der Waals surface area contributed by atoms with Gasteiger partial charge in [-0.1, -0.05) is 12.8 Å². The maximum atomic E-state index is 12.8. The van der Waals surface area contributed by atoms with Gasteiger partial charge in [0.05, 0.1) is 12.1 Å². The summed E-state index contributed by atoms with van der Waals surface area (Å²) in [7, 11) is -2.32. The first-order chi connectivity index (χ1) is 9.87. The van der Waals surface area contributed by atoms with Crippen molar-refractivity contribution in [2.24, 2.45) is 5.84 Å². The zero-order valence-corrected chi connectivity index (χ0v) is 14.1. The number of hydrogen-bond donors (Lipinski definition) is 3. The summed E-state index contributed by atoms with van der Waals surface area (Å²) in [6, 6.07) is 1.02. The molecule has 9 heteroatoms. The van der Waals surface area contributed by atoms with Crippen LogP contribution in [0.2, 0.25) is 0 Å². The molecule has 1 fully saturated rings. The number of aliphatic hydroxyl groups excluding tert-OH is 1. The number of nitrogens with two attached hydrogens (primary N) is 1. The first-order valence-corrected chi connectivity index (χ1v) is 8.89. The first-order valence-electron chi connectivity index (χ1n) is 6.66. The molecule has 4 N–H and O–H groups in total. The third kappa shape index (κ3) is 3.37. The Morgan fingerprint density at radius 2 is 2.14 bits per heavy atom. The van der Waals surface area contributed by atoms with E-state index in [0.29, 0.717) is 17.3 Å². The van der Waals surface area contributed by atoms with Crippen LogP contribution >= 0.6 is 15.9 Å². The van der Waals surface area contributed by atoms with Crippen molar-refractivity contribution >= 4 is 31.8 Å². The van der Waals surface area contributed by atoms with Crippen LogP contribution in [0.15, 0.2) is 21.6 Å². The molecule has 0 saturated heterocycles. The Bertz CT molecular complexity index is 611. The summed E-state index contributed by atoms with van der Waals surface area (Å²) in [5.41, 5.74) is 2.30. The number of hydrazine groups is 1. The van der Waals surface area contributed by atoms with E-state index in [2.05, 4.69) is 26.3 Å². The lowest BCUT2D eigenvalue weighted by Gasteiger charge is -2.34. The molecule has 7 nitrogen and oxygen atoms in total. The second kappa shape index (κ2) is 6.57. The number of hydrogen-bond acceptors (Lipinski definition) is 6. The Labute approximate surface area is 132 Å². The molecule has 1 heterocycles. The van der Waals surface area contributed by atoms with Gasteiger partial charge < -0.3 is 10.5 Å². The Hall–Kier alpha value is -0.740. The third-order valence-corrected chi connectivity index (χ3v) is 6.10. The van der Waals surface area contributed by atoms with Crippen molar-refractivity contribution < 1.29 is 13.5 Å². The molecule has 0 radical (unpaired) electrons. The SMILES string of the molecule is CN(C1CCCCC1O)S(=O)(=O)c1cc(Br)cnc1NN. The molecule has 1 aromatic heterocycles. The maximum Gasteiger partial charge on any atom is 0.246 e. The number of rotatable bonds is 4. The third-order valence-electron chi connectivity index (χ3n) is 3.77.